The maximum Gasteiger partial charge on any atom is 0.335 e. The highest BCUT2D eigenvalue weighted by molar-refractivity contribution is 5.93. The van der Waals surface area contributed by atoms with Crippen molar-refractivity contribution in [3.05, 3.63) is 0 Å². The monoisotopic (exact) mass is 262 g/mol. The van der Waals surface area contributed by atoms with Gasteiger partial charge in [0.2, 0.25) is 0 Å². The molecule has 3 unspecified atom stereocenters. The van der Waals surface area contributed by atoms with E-state index in [9.17, 15) is 24.6 Å². The number of hydrogen-bond acceptors (Lipinski definition) is 7. The molecule has 0 saturated carbocycles. The van der Waals surface area contributed by atoms with Crippen LogP contribution in [0, 0.1) is 0 Å². The number of rotatable bonds is 8. The van der Waals surface area contributed by atoms with Crippen molar-refractivity contribution < 1.29 is 34.4 Å². The molecule has 0 rings (SSSR count). The van der Waals surface area contributed by atoms with E-state index in [-0.39, 0.29) is 6.61 Å². The van der Waals surface area contributed by atoms with Gasteiger partial charge in [-0.3, -0.25) is 9.59 Å². The van der Waals surface area contributed by atoms with Crippen LogP contribution < -0.4 is 0 Å². The SMILES string of the molecule is CCOC(=O)C(O)CC(=O)C(O)CC(=O)C(C)O. The van der Waals surface area contributed by atoms with Gasteiger partial charge >= 0.3 is 5.97 Å². The predicted molar refractivity (Wildman–Crippen MR) is 59.6 cm³/mol. The zero-order valence-electron chi connectivity index (χ0n) is 10.3. The molecular formula is C11H18O7. The summed E-state index contributed by atoms with van der Waals surface area (Å²) < 4.78 is 4.47. The number of ketones is 2. The maximum absolute atomic E-state index is 11.4. The molecule has 7 heteroatoms. The first kappa shape index (κ1) is 16.7. The molecule has 0 aromatic rings. The summed E-state index contributed by atoms with van der Waals surface area (Å²) in [5.41, 5.74) is 0. The molecule has 0 aromatic carbocycles. The fourth-order valence-corrected chi connectivity index (χ4v) is 1.12. The minimum absolute atomic E-state index is 0.0626. The fraction of sp³-hybridized carbons (Fsp3) is 0.727. The van der Waals surface area contributed by atoms with Gasteiger partial charge < -0.3 is 20.1 Å². The molecule has 0 bridgehead atoms. The Morgan fingerprint density at radius 3 is 1.94 bits per heavy atom. The molecule has 0 amide bonds. The average Bonchev–Trinajstić information content (AvgIpc) is 2.28. The van der Waals surface area contributed by atoms with E-state index in [1.165, 1.54) is 6.92 Å². The van der Waals surface area contributed by atoms with Crippen LogP contribution in [0.25, 0.3) is 0 Å². The number of aliphatic hydroxyl groups excluding tert-OH is 3. The first-order valence-corrected chi connectivity index (χ1v) is 5.55. The molecule has 0 heterocycles. The van der Waals surface area contributed by atoms with Crippen LogP contribution in [0.3, 0.4) is 0 Å². The summed E-state index contributed by atoms with van der Waals surface area (Å²) in [6, 6.07) is 0. The highest BCUT2D eigenvalue weighted by Gasteiger charge is 2.26. The van der Waals surface area contributed by atoms with Crippen LogP contribution in [0.4, 0.5) is 0 Å². The fourth-order valence-electron chi connectivity index (χ4n) is 1.12. The number of carbonyl (C=O) groups excluding carboxylic acids is 3. The zero-order chi connectivity index (χ0) is 14.3. The molecular weight excluding hydrogens is 244 g/mol. The third-order valence-electron chi connectivity index (χ3n) is 2.19. The van der Waals surface area contributed by atoms with Gasteiger partial charge in [-0.2, -0.15) is 0 Å². The van der Waals surface area contributed by atoms with Crippen LogP contribution in [0.5, 0.6) is 0 Å². The Balaban J connectivity index is 4.23. The van der Waals surface area contributed by atoms with Gasteiger partial charge in [0.1, 0.15) is 12.2 Å². The first-order valence-electron chi connectivity index (χ1n) is 5.55. The lowest BCUT2D eigenvalue weighted by atomic mass is 10.0. The van der Waals surface area contributed by atoms with E-state index in [1.807, 2.05) is 0 Å². The Bertz CT molecular complexity index is 311. The van der Waals surface area contributed by atoms with Crippen molar-refractivity contribution in [3.8, 4) is 0 Å². The van der Waals surface area contributed by atoms with Gasteiger partial charge in [0.05, 0.1) is 6.61 Å². The first-order chi connectivity index (χ1) is 8.29. The Morgan fingerprint density at radius 1 is 1.00 bits per heavy atom. The number of aliphatic hydroxyl groups is 3. The molecule has 18 heavy (non-hydrogen) atoms. The Morgan fingerprint density at radius 2 is 1.50 bits per heavy atom. The topological polar surface area (TPSA) is 121 Å². The van der Waals surface area contributed by atoms with Crippen molar-refractivity contribution in [2.24, 2.45) is 0 Å². The molecule has 0 aliphatic rings. The Hall–Kier alpha value is -1.31. The third-order valence-corrected chi connectivity index (χ3v) is 2.19. The molecule has 0 aliphatic carbocycles. The highest BCUT2D eigenvalue weighted by Crippen LogP contribution is 2.05. The van der Waals surface area contributed by atoms with Gasteiger partial charge in [0, 0.05) is 12.8 Å². The minimum Gasteiger partial charge on any atom is -0.464 e. The third kappa shape index (κ3) is 5.85. The number of ether oxygens (including phenoxy) is 1. The minimum atomic E-state index is -1.66. The van der Waals surface area contributed by atoms with Crippen molar-refractivity contribution in [3.63, 3.8) is 0 Å². The van der Waals surface area contributed by atoms with Gasteiger partial charge in [-0.25, -0.2) is 4.79 Å². The molecule has 0 radical (unpaired) electrons. The Labute approximate surface area is 104 Å². The molecule has 3 N–H and O–H groups in total. The average molecular weight is 262 g/mol. The Kier molecular flexibility index (Phi) is 7.33. The van der Waals surface area contributed by atoms with Gasteiger partial charge in [-0.15, -0.1) is 0 Å². The maximum atomic E-state index is 11.4. The van der Waals surface area contributed by atoms with Gasteiger partial charge in [-0.1, -0.05) is 0 Å². The van der Waals surface area contributed by atoms with Crippen LogP contribution in [-0.2, 0) is 19.1 Å². The smallest absolute Gasteiger partial charge is 0.335 e. The summed E-state index contributed by atoms with van der Waals surface area (Å²) in [5.74, 6) is -2.51. The van der Waals surface area contributed by atoms with E-state index >= 15 is 0 Å². The molecule has 0 spiro atoms. The van der Waals surface area contributed by atoms with Crippen LogP contribution in [0.15, 0.2) is 0 Å². The van der Waals surface area contributed by atoms with Crippen molar-refractivity contribution >= 4 is 17.5 Å². The lowest BCUT2D eigenvalue weighted by molar-refractivity contribution is -0.155. The van der Waals surface area contributed by atoms with E-state index in [4.69, 9.17) is 5.11 Å². The molecule has 3 atom stereocenters. The summed E-state index contributed by atoms with van der Waals surface area (Å²) in [4.78, 5) is 33.5. The van der Waals surface area contributed by atoms with Crippen molar-refractivity contribution in [1.29, 1.82) is 0 Å². The van der Waals surface area contributed by atoms with Crippen LogP contribution in [-0.4, -0.2) is 57.8 Å². The molecule has 0 fully saturated rings. The normalized spacial score (nSPS) is 15.6. The lowest BCUT2D eigenvalue weighted by Crippen LogP contribution is -2.33. The number of carbonyl (C=O) groups is 3. The second-order valence-corrected chi connectivity index (χ2v) is 3.80. The summed E-state index contributed by atoms with van der Waals surface area (Å²) >= 11 is 0. The van der Waals surface area contributed by atoms with Gasteiger partial charge in [0.25, 0.3) is 0 Å². The largest absolute Gasteiger partial charge is 0.464 e. The predicted octanol–water partition coefficient (Wildman–Crippen LogP) is -1.43. The van der Waals surface area contributed by atoms with E-state index in [0.29, 0.717) is 0 Å². The van der Waals surface area contributed by atoms with E-state index < -0.39 is 48.7 Å². The highest BCUT2D eigenvalue weighted by atomic mass is 16.5. The van der Waals surface area contributed by atoms with Crippen LogP contribution in [0.2, 0.25) is 0 Å². The van der Waals surface area contributed by atoms with E-state index in [1.54, 1.807) is 6.92 Å². The molecule has 104 valence electrons. The van der Waals surface area contributed by atoms with Crippen LogP contribution >= 0.6 is 0 Å². The second-order valence-electron chi connectivity index (χ2n) is 3.80. The molecule has 0 aromatic heterocycles. The summed E-state index contributed by atoms with van der Waals surface area (Å²) in [5, 5.41) is 27.5. The van der Waals surface area contributed by atoms with Gasteiger partial charge in [0.15, 0.2) is 17.7 Å². The standard InChI is InChI=1S/C11H18O7/c1-3-18-11(17)10(16)5-9(15)8(14)4-7(13)6(2)12/h6,8,10,12,14,16H,3-5H2,1-2H3. The number of hydrogen-bond donors (Lipinski definition) is 3. The van der Waals surface area contributed by atoms with E-state index in [0.717, 1.165) is 0 Å². The molecule has 7 nitrogen and oxygen atoms in total. The number of esters is 1. The quantitative estimate of drug-likeness (QED) is 0.458. The van der Waals surface area contributed by atoms with Crippen molar-refractivity contribution in [2.45, 2.75) is 45.0 Å². The summed E-state index contributed by atoms with van der Waals surface area (Å²) in [7, 11) is 0. The van der Waals surface area contributed by atoms with E-state index in [2.05, 4.69) is 4.74 Å². The van der Waals surface area contributed by atoms with Crippen LogP contribution in [0.1, 0.15) is 26.7 Å². The van der Waals surface area contributed by atoms with Crippen molar-refractivity contribution in [1.82, 2.24) is 0 Å². The molecule has 0 aliphatic heterocycles. The van der Waals surface area contributed by atoms with Gasteiger partial charge in [-0.05, 0) is 13.8 Å². The van der Waals surface area contributed by atoms with Crippen molar-refractivity contribution in [2.75, 3.05) is 6.61 Å². The second kappa shape index (κ2) is 7.91. The molecule has 0 saturated heterocycles. The summed E-state index contributed by atoms with van der Waals surface area (Å²) in [6.07, 6.45) is -5.76. The number of Topliss-reactive ketones (excluding diaryl/α,β-unsaturated/α-hetero) is 2. The lowest BCUT2D eigenvalue weighted by Gasteiger charge is -2.12. The zero-order valence-corrected chi connectivity index (χ0v) is 10.3. The summed E-state index contributed by atoms with van der Waals surface area (Å²) in [6.45, 7) is 2.82.